The molecule has 1 N–H and O–H groups in total. The highest BCUT2D eigenvalue weighted by atomic mass is 16.2. The largest absolute Gasteiger partial charge is 0.324 e. The molecule has 1 aromatic heterocycles. The van der Waals surface area contributed by atoms with Crippen LogP contribution in [0.15, 0.2) is 24.3 Å². The van der Waals surface area contributed by atoms with Gasteiger partial charge in [-0.3, -0.25) is 14.7 Å². The standard InChI is InChI=1S/C26H41N3O/c1-5-9-16-23-21(14-8-4)26(22-15-12-13-17-24(22)27-23)28-25(30)20-29(18-10-6-2)19-11-7-3/h12-13,15,17H,5-11,14,16,18-20H2,1-4H3,(H,27,28,30). The molecule has 4 heteroatoms. The molecule has 2 rings (SSSR count). The third-order valence-electron chi connectivity index (χ3n) is 5.63. The van der Waals surface area contributed by atoms with Gasteiger partial charge >= 0.3 is 0 Å². The average molecular weight is 412 g/mol. The third kappa shape index (κ3) is 7.09. The molecule has 0 bridgehead atoms. The number of anilines is 1. The Morgan fingerprint density at radius 1 is 0.900 bits per heavy atom. The molecule has 0 aliphatic carbocycles. The fourth-order valence-electron chi connectivity index (χ4n) is 3.93. The molecule has 0 aliphatic heterocycles. The van der Waals surface area contributed by atoms with E-state index in [1.54, 1.807) is 0 Å². The van der Waals surface area contributed by atoms with Gasteiger partial charge in [0.15, 0.2) is 0 Å². The minimum Gasteiger partial charge on any atom is -0.324 e. The van der Waals surface area contributed by atoms with E-state index in [-0.39, 0.29) is 5.91 Å². The summed E-state index contributed by atoms with van der Waals surface area (Å²) in [7, 11) is 0. The van der Waals surface area contributed by atoms with E-state index in [0.717, 1.165) is 93.2 Å². The quantitative estimate of drug-likeness (QED) is 0.393. The molecular formula is C26H41N3O. The lowest BCUT2D eigenvalue weighted by Gasteiger charge is -2.23. The smallest absolute Gasteiger partial charge is 0.238 e. The topological polar surface area (TPSA) is 45.2 Å². The van der Waals surface area contributed by atoms with Crippen LogP contribution in [-0.2, 0) is 17.6 Å². The molecule has 0 aliphatic rings. The molecule has 166 valence electrons. The maximum absolute atomic E-state index is 13.1. The first kappa shape index (κ1) is 24.3. The Balaban J connectivity index is 2.32. The predicted octanol–water partition coefficient (Wildman–Crippen LogP) is 6.37. The first-order valence-electron chi connectivity index (χ1n) is 12.1. The summed E-state index contributed by atoms with van der Waals surface area (Å²) in [6, 6.07) is 8.22. The zero-order valence-corrected chi connectivity index (χ0v) is 19.6. The van der Waals surface area contributed by atoms with Crippen molar-refractivity contribution in [1.82, 2.24) is 9.88 Å². The van der Waals surface area contributed by atoms with Crippen molar-refractivity contribution in [1.29, 1.82) is 0 Å². The molecule has 0 fully saturated rings. The molecule has 4 nitrogen and oxygen atoms in total. The number of para-hydroxylation sites is 1. The van der Waals surface area contributed by atoms with Crippen molar-refractivity contribution in [3.63, 3.8) is 0 Å². The van der Waals surface area contributed by atoms with Crippen molar-refractivity contribution in [2.24, 2.45) is 0 Å². The van der Waals surface area contributed by atoms with Crippen molar-refractivity contribution in [2.75, 3.05) is 25.0 Å². The number of benzene rings is 1. The van der Waals surface area contributed by atoms with E-state index in [9.17, 15) is 4.79 Å². The number of unbranched alkanes of at least 4 members (excludes halogenated alkanes) is 3. The zero-order chi connectivity index (χ0) is 21.8. The highest BCUT2D eigenvalue weighted by Crippen LogP contribution is 2.30. The number of hydrogen-bond donors (Lipinski definition) is 1. The van der Waals surface area contributed by atoms with Gasteiger partial charge in [0.25, 0.3) is 0 Å². The van der Waals surface area contributed by atoms with Crippen LogP contribution in [0.3, 0.4) is 0 Å². The normalized spacial score (nSPS) is 11.4. The van der Waals surface area contributed by atoms with Crippen LogP contribution in [0.25, 0.3) is 10.9 Å². The molecule has 0 saturated heterocycles. The summed E-state index contributed by atoms with van der Waals surface area (Å²) < 4.78 is 0. The van der Waals surface area contributed by atoms with Gasteiger partial charge in [0.1, 0.15) is 0 Å². The lowest BCUT2D eigenvalue weighted by atomic mass is 9.98. The van der Waals surface area contributed by atoms with E-state index < -0.39 is 0 Å². The van der Waals surface area contributed by atoms with Gasteiger partial charge in [-0.1, -0.05) is 71.6 Å². The number of hydrogen-bond acceptors (Lipinski definition) is 3. The molecule has 1 aromatic carbocycles. The van der Waals surface area contributed by atoms with Crippen LogP contribution in [0.5, 0.6) is 0 Å². The number of rotatable bonds is 14. The highest BCUT2D eigenvalue weighted by Gasteiger charge is 2.18. The summed E-state index contributed by atoms with van der Waals surface area (Å²) in [5, 5.41) is 4.38. The summed E-state index contributed by atoms with van der Waals surface area (Å²) >= 11 is 0. The number of nitrogens with zero attached hydrogens (tertiary/aromatic N) is 2. The molecule has 1 heterocycles. The average Bonchev–Trinajstić information content (AvgIpc) is 2.75. The van der Waals surface area contributed by atoms with Crippen molar-refractivity contribution in [3.05, 3.63) is 35.5 Å². The number of fused-ring (bicyclic) bond motifs is 1. The molecule has 0 unspecified atom stereocenters. The van der Waals surface area contributed by atoms with Gasteiger partial charge < -0.3 is 5.32 Å². The zero-order valence-electron chi connectivity index (χ0n) is 19.6. The fraction of sp³-hybridized carbons (Fsp3) is 0.615. The Morgan fingerprint density at radius 3 is 2.20 bits per heavy atom. The van der Waals surface area contributed by atoms with Crippen LogP contribution in [0.2, 0.25) is 0 Å². The van der Waals surface area contributed by atoms with Crippen LogP contribution in [0.1, 0.15) is 83.9 Å². The fourth-order valence-corrected chi connectivity index (χ4v) is 3.93. The third-order valence-corrected chi connectivity index (χ3v) is 5.63. The van der Waals surface area contributed by atoms with Crippen molar-refractivity contribution in [2.45, 2.75) is 85.5 Å². The Hall–Kier alpha value is -1.94. The van der Waals surface area contributed by atoms with Gasteiger partial charge in [0, 0.05) is 11.1 Å². The summed E-state index contributed by atoms with van der Waals surface area (Å²) in [4.78, 5) is 20.4. The van der Waals surface area contributed by atoms with Gasteiger partial charge in [0.05, 0.1) is 17.7 Å². The van der Waals surface area contributed by atoms with Gasteiger partial charge in [-0.05, 0) is 56.8 Å². The Morgan fingerprint density at radius 2 is 1.57 bits per heavy atom. The minimum atomic E-state index is 0.0948. The minimum absolute atomic E-state index is 0.0948. The molecule has 30 heavy (non-hydrogen) atoms. The number of carbonyl (C=O) groups excluding carboxylic acids is 1. The lowest BCUT2D eigenvalue weighted by Crippen LogP contribution is -2.35. The van der Waals surface area contributed by atoms with Crippen LogP contribution >= 0.6 is 0 Å². The molecular weight excluding hydrogens is 370 g/mol. The van der Waals surface area contributed by atoms with Gasteiger partial charge in [-0.15, -0.1) is 0 Å². The number of aromatic nitrogens is 1. The van der Waals surface area contributed by atoms with Crippen LogP contribution < -0.4 is 5.32 Å². The van der Waals surface area contributed by atoms with E-state index in [1.807, 2.05) is 12.1 Å². The number of pyridine rings is 1. The monoisotopic (exact) mass is 411 g/mol. The van der Waals surface area contributed by atoms with Gasteiger partial charge in [0.2, 0.25) is 5.91 Å². The molecule has 0 saturated carbocycles. The summed E-state index contributed by atoms with van der Waals surface area (Å²) in [6.45, 7) is 11.3. The second-order valence-corrected chi connectivity index (χ2v) is 8.31. The van der Waals surface area contributed by atoms with Crippen molar-refractivity contribution < 1.29 is 4.79 Å². The highest BCUT2D eigenvalue weighted by molar-refractivity contribution is 6.03. The first-order valence-corrected chi connectivity index (χ1v) is 12.1. The Kier molecular flexibility index (Phi) is 10.9. The molecule has 0 atom stereocenters. The molecule has 0 spiro atoms. The van der Waals surface area contributed by atoms with Crippen molar-refractivity contribution >= 4 is 22.5 Å². The molecule has 1 amide bonds. The van der Waals surface area contributed by atoms with E-state index in [0.29, 0.717) is 6.54 Å². The second kappa shape index (κ2) is 13.4. The number of nitrogens with one attached hydrogen (secondary N) is 1. The van der Waals surface area contributed by atoms with E-state index in [1.165, 1.54) is 5.56 Å². The Labute approximate surface area is 183 Å². The number of amides is 1. The summed E-state index contributed by atoms with van der Waals surface area (Å²) in [5.74, 6) is 0.0948. The van der Waals surface area contributed by atoms with Crippen LogP contribution in [0, 0.1) is 0 Å². The maximum atomic E-state index is 13.1. The summed E-state index contributed by atoms with van der Waals surface area (Å²) in [6.07, 6.45) is 9.81. The van der Waals surface area contributed by atoms with Crippen LogP contribution in [-0.4, -0.2) is 35.4 Å². The lowest BCUT2D eigenvalue weighted by molar-refractivity contribution is -0.117. The molecule has 0 radical (unpaired) electrons. The predicted molar refractivity (Wildman–Crippen MR) is 129 cm³/mol. The summed E-state index contributed by atoms with van der Waals surface area (Å²) in [5.41, 5.74) is 4.35. The van der Waals surface area contributed by atoms with E-state index in [2.05, 4.69) is 50.0 Å². The first-order chi connectivity index (χ1) is 14.6. The maximum Gasteiger partial charge on any atom is 0.238 e. The number of aryl methyl sites for hydroxylation is 1. The second-order valence-electron chi connectivity index (χ2n) is 8.31. The molecule has 2 aromatic rings. The van der Waals surface area contributed by atoms with Crippen LogP contribution in [0.4, 0.5) is 5.69 Å². The SMILES string of the molecule is CCCCc1nc2ccccc2c(NC(=O)CN(CCCC)CCCC)c1CCC. The van der Waals surface area contributed by atoms with Gasteiger partial charge in [-0.25, -0.2) is 0 Å². The number of carbonyl (C=O) groups is 1. The van der Waals surface area contributed by atoms with E-state index in [4.69, 9.17) is 4.98 Å². The Bertz CT molecular complexity index is 779. The van der Waals surface area contributed by atoms with Gasteiger partial charge in [-0.2, -0.15) is 0 Å². The van der Waals surface area contributed by atoms with Crippen molar-refractivity contribution in [3.8, 4) is 0 Å². The van der Waals surface area contributed by atoms with E-state index >= 15 is 0 Å².